The number of ether oxygens (including phenoxy) is 3. The molecule has 2 aromatic carbocycles. The Morgan fingerprint density at radius 1 is 1.00 bits per heavy atom. The molecule has 0 fully saturated rings. The third-order valence-corrected chi connectivity index (χ3v) is 4.40. The van der Waals surface area contributed by atoms with Crippen molar-refractivity contribution in [3.63, 3.8) is 0 Å². The zero-order chi connectivity index (χ0) is 20.2. The van der Waals surface area contributed by atoms with Crippen LogP contribution < -0.4 is 20.1 Å². The van der Waals surface area contributed by atoms with Crippen molar-refractivity contribution in [2.24, 2.45) is 4.99 Å². The topological polar surface area (TPSA) is 64.1 Å². The van der Waals surface area contributed by atoms with E-state index in [2.05, 4.69) is 34.7 Å². The van der Waals surface area contributed by atoms with Crippen molar-refractivity contribution in [2.45, 2.75) is 26.0 Å². The van der Waals surface area contributed by atoms with Crippen molar-refractivity contribution in [3.8, 4) is 11.5 Å². The van der Waals surface area contributed by atoms with Gasteiger partial charge in [0.2, 0.25) is 0 Å². The summed E-state index contributed by atoms with van der Waals surface area (Å²) in [5.41, 5.74) is 2.20. The van der Waals surface area contributed by atoms with Gasteiger partial charge in [-0.25, -0.2) is 0 Å². The number of guanidine groups is 1. The molecule has 0 spiro atoms. The number of hydrogen-bond acceptors (Lipinski definition) is 4. The van der Waals surface area contributed by atoms with Gasteiger partial charge >= 0.3 is 0 Å². The number of rotatable bonds is 10. The third kappa shape index (κ3) is 8.10. The number of halogens is 1. The van der Waals surface area contributed by atoms with E-state index in [1.807, 2.05) is 36.4 Å². The molecule has 0 aliphatic carbocycles. The molecule has 0 saturated carbocycles. The smallest absolute Gasteiger partial charge is 0.191 e. The summed E-state index contributed by atoms with van der Waals surface area (Å²) < 4.78 is 16.7. The largest absolute Gasteiger partial charge is 0.493 e. The first-order chi connectivity index (χ1) is 13.7. The minimum atomic E-state index is 0. The highest BCUT2D eigenvalue weighted by atomic mass is 127. The van der Waals surface area contributed by atoms with E-state index in [9.17, 15) is 0 Å². The maximum absolute atomic E-state index is 5.90. The summed E-state index contributed by atoms with van der Waals surface area (Å²) in [6.45, 7) is 4.12. The number of benzene rings is 2. The molecule has 0 radical (unpaired) electrons. The minimum Gasteiger partial charge on any atom is -0.493 e. The molecule has 1 atom stereocenters. The number of para-hydroxylation sites is 1. The SMILES string of the molecule is CN=C(NCCCOC(C)c1ccccc1)NCc1cccc(OC)c1OC.I. The van der Waals surface area contributed by atoms with Gasteiger partial charge in [0.05, 0.1) is 20.3 Å². The maximum Gasteiger partial charge on any atom is 0.191 e. The molecule has 2 rings (SSSR count). The van der Waals surface area contributed by atoms with Crippen LogP contribution in [-0.4, -0.2) is 40.4 Å². The van der Waals surface area contributed by atoms with E-state index < -0.39 is 0 Å². The van der Waals surface area contributed by atoms with E-state index >= 15 is 0 Å². The Morgan fingerprint density at radius 2 is 1.76 bits per heavy atom. The fraction of sp³-hybridized carbons (Fsp3) is 0.409. The molecule has 0 saturated heterocycles. The van der Waals surface area contributed by atoms with Crippen LogP contribution >= 0.6 is 24.0 Å². The van der Waals surface area contributed by atoms with E-state index in [1.165, 1.54) is 5.56 Å². The highest BCUT2D eigenvalue weighted by Crippen LogP contribution is 2.30. The van der Waals surface area contributed by atoms with Crippen LogP contribution in [0.3, 0.4) is 0 Å². The summed E-state index contributed by atoms with van der Waals surface area (Å²) in [6.07, 6.45) is 0.986. The molecular formula is C22H32IN3O3. The second-order valence-electron chi connectivity index (χ2n) is 6.28. The Bertz CT molecular complexity index is 741. The predicted molar refractivity (Wildman–Crippen MR) is 129 cm³/mol. The van der Waals surface area contributed by atoms with E-state index in [0.717, 1.165) is 36.0 Å². The van der Waals surface area contributed by atoms with Crippen molar-refractivity contribution in [1.29, 1.82) is 0 Å². The van der Waals surface area contributed by atoms with Crippen LogP contribution in [0.15, 0.2) is 53.5 Å². The van der Waals surface area contributed by atoms with Gasteiger partial charge in [0.1, 0.15) is 0 Å². The first-order valence-electron chi connectivity index (χ1n) is 9.50. The van der Waals surface area contributed by atoms with Crippen LogP contribution in [0, 0.1) is 0 Å². The Kier molecular flexibility index (Phi) is 12.1. The normalized spacial score (nSPS) is 11.9. The van der Waals surface area contributed by atoms with Crippen LogP contribution in [0.25, 0.3) is 0 Å². The summed E-state index contributed by atoms with van der Waals surface area (Å²) in [5, 5.41) is 6.61. The van der Waals surface area contributed by atoms with Crippen LogP contribution in [0.2, 0.25) is 0 Å². The van der Waals surface area contributed by atoms with Gasteiger partial charge in [0.25, 0.3) is 0 Å². The molecule has 1 unspecified atom stereocenters. The van der Waals surface area contributed by atoms with Crippen molar-refractivity contribution in [3.05, 3.63) is 59.7 Å². The summed E-state index contributed by atoms with van der Waals surface area (Å²) in [7, 11) is 5.03. The van der Waals surface area contributed by atoms with Crippen molar-refractivity contribution < 1.29 is 14.2 Å². The van der Waals surface area contributed by atoms with Gasteiger partial charge in [-0.3, -0.25) is 4.99 Å². The van der Waals surface area contributed by atoms with Crippen molar-refractivity contribution in [1.82, 2.24) is 10.6 Å². The molecule has 7 heteroatoms. The standard InChI is InChI=1S/C22H31N3O3.HI/c1-17(18-10-6-5-7-11-18)28-15-9-14-24-22(23-2)25-16-19-12-8-13-20(26-3)21(19)27-4;/h5-8,10-13,17H,9,14-16H2,1-4H3,(H2,23,24,25);1H. The third-order valence-electron chi connectivity index (χ3n) is 4.40. The average molecular weight is 513 g/mol. The lowest BCUT2D eigenvalue weighted by Crippen LogP contribution is -2.37. The average Bonchev–Trinajstić information content (AvgIpc) is 2.75. The molecule has 2 N–H and O–H groups in total. The number of methoxy groups -OCH3 is 2. The first-order valence-corrected chi connectivity index (χ1v) is 9.50. The lowest BCUT2D eigenvalue weighted by Gasteiger charge is -2.16. The Balaban J connectivity index is 0.00000420. The Labute approximate surface area is 191 Å². The summed E-state index contributed by atoms with van der Waals surface area (Å²) >= 11 is 0. The number of aliphatic imine (C=N–C) groups is 1. The monoisotopic (exact) mass is 513 g/mol. The molecule has 0 aliphatic heterocycles. The highest BCUT2D eigenvalue weighted by molar-refractivity contribution is 14.0. The van der Waals surface area contributed by atoms with E-state index in [-0.39, 0.29) is 30.1 Å². The molecule has 0 bridgehead atoms. The molecule has 0 heterocycles. The quantitative estimate of drug-likeness (QED) is 0.216. The van der Waals surface area contributed by atoms with Gasteiger partial charge in [-0.1, -0.05) is 42.5 Å². The summed E-state index contributed by atoms with van der Waals surface area (Å²) in [6, 6.07) is 16.1. The van der Waals surface area contributed by atoms with Gasteiger partial charge in [-0.15, -0.1) is 24.0 Å². The van der Waals surface area contributed by atoms with Crippen LogP contribution in [0.5, 0.6) is 11.5 Å². The minimum absolute atomic E-state index is 0. The summed E-state index contributed by atoms with van der Waals surface area (Å²) in [5.74, 6) is 2.19. The Hall–Kier alpha value is -2.00. The highest BCUT2D eigenvalue weighted by Gasteiger charge is 2.10. The molecule has 2 aromatic rings. The fourth-order valence-corrected chi connectivity index (χ4v) is 2.85. The number of nitrogens with zero attached hydrogens (tertiary/aromatic N) is 1. The molecular weight excluding hydrogens is 481 g/mol. The van der Waals surface area contributed by atoms with Crippen LogP contribution in [0.4, 0.5) is 0 Å². The van der Waals surface area contributed by atoms with Gasteiger partial charge in [-0.2, -0.15) is 0 Å². The molecule has 0 aromatic heterocycles. The first kappa shape index (κ1) is 25.0. The fourth-order valence-electron chi connectivity index (χ4n) is 2.85. The van der Waals surface area contributed by atoms with Crippen molar-refractivity contribution >= 4 is 29.9 Å². The van der Waals surface area contributed by atoms with E-state index in [4.69, 9.17) is 14.2 Å². The van der Waals surface area contributed by atoms with Crippen molar-refractivity contribution in [2.75, 3.05) is 34.4 Å². The summed E-state index contributed by atoms with van der Waals surface area (Å²) in [4.78, 5) is 4.26. The maximum atomic E-state index is 5.90. The second kappa shape index (κ2) is 14.1. The van der Waals surface area contributed by atoms with Crippen LogP contribution in [0.1, 0.15) is 30.6 Å². The zero-order valence-corrected chi connectivity index (χ0v) is 19.9. The number of hydrogen-bond donors (Lipinski definition) is 2. The zero-order valence-electron chi connectivity index (χ0n) is 17.6. The van der Waals surface area contributed by atoms with Gasteiger partial charge in [-0.05, 0) is 25.0 Å². The molecule has 0 amide bonds. The number of nitrogens with one attached hydrogen (secondary N) is 2. The molecule has 160 valence electrons. The predicted octanol–water partition coefficient (Wildman–Crippen LogP) is 4.15. The van der Waals surface area contributed by atoms with Gasteiger partial charge in [0.15, 0.2) is 17.5 Å². The second-order valence-corrected chi connectivity index (χ2v) is 6.28. The van der Waals surface area contributed by atoms with E-state index in [0.29, 0.717) is 13.2 Å². The molecule has 0 aliphatic rings. The molecule has 6 nitrogen and oxygen atoms in total. The van der Waals surface area contributed by atoms with Gasteiger partial charge in [0, 0.05) is 32.3 Å². The van der Waals surface area contributed by atoms with Crippen LogP contribution in [-0.2, 0) is 11.3 Å². The molecule has 29 heavy (non-hydrogen) atoms. The Morgan fingerprint density at radius 3 is 2.41 bits per heavy atom. The lowest BCUT2D eigenvalue weighted by molar-refractivity contribution is 0.0646. The van der Waals surface area contributed by atoms with Gasteiger partial charge < -0.3 is 24.8 Å². The lowest BCUT2D eigenvalue weighted by atomic mass is 10.1. The van der Waals surface area contributed by atoms with E-state index in [1.54, 1.807) is 21.3 Å².